The zero-order chi connectivity index (χ0) is 14.2. The third-order valence-electron chi connectivity index (χ3n) is 3.33. The van der Waals surface area contributed by atoms with Crippen LogP contribution in [0.5, 0.6) is 0 Å². The van der Waals surface area contributed by atoms with Crippen molar-refractivity contribution in [2.45, 2.75) is 0 Å². The number of para-hydroxylation sites is 1. The first-order valence-corrected chi connectivity index (χ1v) is 6.85. The molecule has 102 valence electrons. The van der Waals surface area contributed by atoms with Crippen molar-refractivity contribution in [3.8, 4) is 22.8 Å². The van der Waals surface area contributed by atoms with Gasteiger partial charge in [-0.2, -0.15) is 4.98 Å². The van der Waals surface area contributed by atoms with E-state index in [1.165, 1.54) is 0 Å². The normalized spacial score (nSPS) is 11.1. The predicted octanol–water partition coefficient (Wildman–Crippen LogP) is 4.54. The van der Waals surface area contributed by atoms with Crippen molar-refractivity contribution in [3.05, 3.63) is 59.8 Å². The second-order valence-electron chi connectivity index (χ2n) is 4.68. The maximum Gasteiger partial charge on any atom is 0.260 e. The van der Waals surface area contributed by atoms with Gasteiger partial charge in [0.05, 0.1) is 5.56 Å². The number of benzene rings is 2. The number of fused-ring (bicyclic) bond motifs is 1. The molecule has 0 saturated carbocycles. The largest absolute Gasteiger partial charge is 0.360 e. The molecule has 21 heavy (non-hydrogen) atoms. The summed E-state index contributed by atoms with van der Waals surface area (Å²) in [6.07, 6.45) is 1.87. The van der Waals surface area contributed by atoms with E-state index in [-0.39, 0.29) is 0 Å². The van der Waals surface area contributed by atoms with Gasteiger partial charge in [0.15, 0.2) is 0 Å². The molecule has 0 atom stereocenters. The molecule has 2 aromatic heterocycles. The van der Waals surface area contributed by atoms with E-state index in [2.05, 4.69) is 15.1 Å². The van der Waals surface area contributed by atoms with Crippen molar-refractivity contribution in [1.29, 1.82) is 0 Å². The van der Waals surface area contributed by atoms with Crippen LogP contribution >= 0.6 is 11.6 Å². The molecule has 2 aromatic carbocycles. The average molecular weight is 296 g/mol. The lowest BCUT2D eigenvalue weighted by Gasteiger charge is -1.94. The number of hydrogen-bond donors (Lipinski definition) is 1. The van der Waals surface area contributed by atoms with Crippen LogP contribution in [0, 0.1) is 0 Å². The van der Waals surface area contributed by atoms with Crippen molar-refractivity contribution < 1.29 is 4.52 Å². The van der Waals surface area contributed by atoms with Gasteiger partial charge < -0.3 is 9.51 Å². The fourth-order valence-electron chi connectivity index (χ4n) is 2.33. The summed E-state index contributed by atoms with van der Waals surface area (Å²) in [4.78, 5) is 7.65. The van der Waals surface area contributed by atoms with Crippen LogP contribution in [-0.2, 0) is 0 Å². The first-order valence-electron chi connectivity index (χ1n) is 6.47. The summed E-state index contributed by atoms with van der Waals surface area (Å²) >= 11 is 5.99. The van der Waals surface area contributed by atoms with Gasteiger partial charge in [-0.15, -0.1) is 0 Å². The molecule has 0 radical (unpaired) electrons. The van der Waals surface area contributed by atoms with Crippen molar-refractivity contribution in [2.24, 2.45) is 0 Å². The van der Waals surface area contributed by atoms with E-state index in [9.17, 15) is 0 Å². The molecule has 0 aliphatic rings. The number of nitrogens with one attached hydrogen (secondary N) is 1. The van der Waals surface area contributed by atoms with Crippen LogP contribution < -0.4 is 0 Å². The third-order valence-corrected chi connectivity index (χ3v) is 3.56. The van der Waals surface area contributed by atoms with E-state index in [1.807, 2.05) is 54.7 Å². The molecule has 1 N–H and O–H groups in total. The minimum atomic E-state index is 0.488. The first-order chi connectivity index (χ1) is 10.3. The van der Waals surface area contributed by atoms with Gasteiger partial charge in [-0.1, -0.05) is 47.1 Å². The van der Waals surface area contributed by atoms with Gasteiger partial charge in [0.1, 0.15) is 0 Å². The van der Waals surface area contributed by atoms with Crippen molar-refractivity contribution in [3.63, 3.8) is 0 Å². The Labute approximate surface area is 125 Å². The second-order valence-corrected chi connectivity index (χ2v) is 5.12. The Balaban J connectivity index is 1.81. The smallest absolute Gasteiger partial charge is 0.260 e. The summed E-state index contributed by atoms with van der Waals surface area (Å²) in [7, 11) is 0. The third kappa shape index (κ3) is 2.10. The Kier molecular flexibility index (Phi) is 2.75. The van der Waals surface area contributed by atoms with Crippen molar-refractivity contribution >= 4 is 22.5 Å². The average Bonchev–Trinajstić information content (AvgIpc) is 3.14. The number of hydrogen-bond acceptors (Lipinski definition) is 3. The summed E-state index contributed by atoms with van der Waals surface area (Å²) in [5, 5.41) is 5.73. The summed E-state index contributed by atoms with van der Waals surface area (Å²) in [5.41, 5.74) is 2.76. The Bertz CT molecular complexity index is 926. The SMILES string of the molecule is Clc1cccc(-c2noc(-c3c[nH]c4ccccc34)n2)c1. The molecule has 2 heterocycles. The molecule has 0 aliphatic carbocycles. The molecule has 4 rings (SSSR count). The molecular formula is C16H10ClN3O. The van der Waals surface area contributed by atoms with E-state index in [0.717, 1.165) is 22.0 Å². The summed E-state index contributed by atoms with van der Waals surface area (Å²) < 4.78 is 5.39. The highest BCUT2D eigenvalue weighted by Crippen LogP contribution is 2.29. The predicted molar refractivity (Wildman–Crippen MR) is 82.0 cm³/mol. The van der Waals surface area contributed by atoms with Crippen LogP contribution in [0.25, 0.3) is 33.7 Å². The molecule has 0 bridgehead atoms. The summed E-state index contributed by atoms with van der Waals surface area (Å²) in [6.45, 7) is 0. The number of halogens is 1. The Hall–Kier alpha value is -2.59. The number of nitrogens with zero attached hydrogens (tertiary/aromatic N) is 2. The van der Waals surface area contributed by atoms with Gasteiger partial charge in [-0.25, -0.2) is 0 Å². The van der Waals surface area contributed by atoms with E-state index >= 15 is 0 Å². The van der Waals surface area contributed by atoms with E-state index in [1.54, 1.807) is 0 Å². The summed E-state index contributed by atoms with van der Waals surface area (Å²) in [5.74, 6) is 1.01. The van der Waals surface area contributed by atoms with Gasteiger partial charge in [0.25, 0.3) is 5.89 Å². The zero-order valence-electron chi connectivity index (χ0n) is 10.9. The van der Waals surface area contributed by atoms with E-state index in [4.69, 9.17) is 16.1 Å². The molecule has 0 fully saturated rings. The Morgan fingerprint density at radius 1 is 1.05 bits per heavy atom. The first kappa shape index (κ1) is 12.2. The highest BCUT2D eigenvalue weighted by molar-refractivity contribution is 6.30. The molecule has 5 heteroatoms. The van der Waals surface area contributed by atoms with E-state index < -0.39 is 0 Å². The molecule has 4 aromatic rings. The van der Waals surface area contributed by atoms with Crippen molar-refractivity contribution in [1.82, 2.24) is 15.1 Å². The highest BCUT2D eigenvalue weighted by atomic mass is 35.5. The van der Waals surface area contributed by atoms with Crippen LogP contribution in [0.15, 0.2) is 59.3 Å². The molecule has 0 aliphatic heterocycles. The van der Waals surface area contributed by atoms with Gasteiger partial charge in [-0.3, -0.25) is 0 Å². The maximum atomic E-state index is 5.99. The number of rotatable bonds is 2. The molecule has 0 spiro atoms. The molecule has 0 amide bonds. The number of aromatic nitrogens is 3. The number of aromatic amines is 1. The maximum absolute atomic E-state index is 5.99. The minimum Gasteiger partial charge on any atom is -0.360 e. The van der Waals surface area contributed by atoms with Gasteiger partial charge in [-0.05, 0) is 18.2 Å². The van der Waals surface area contributed by atoms with Gasteiger partial charge in [0.2, 0.25) is 5.82 Å². The lowest BCUT2D eigenvalue weighted by molar-refractivity contribution is 0.432. The fourth-order valence-corrected chi connectivity index (χ4v) is 2.52. The minimum absolute atomic E-state index is 0.488. The summed E-state index contributed by atoms with van der Waals surface area (Å²) in [6, 6.07) is 15.4. The topological polar surface area (TPSA) is 54.7 Å². The molecular weight excluding hydrogens is 286 g/mol. The Morgan fingerprint density at radius 3 is 2.86 bits per heavy atom. The molecule has 0 unspecified atom stereocenters. The van der Waals surface area contributed by atoms with Gasteiger partial charge >= 0.3 is 0 Å². The van der Waals surface area contributed by atoms with Crippen LogP contribution in [-0.4, -0.2) is 15.1 Å². The Morgan fingerprint density at radius 2 is 1.95 bits per heavy atom. The lowest BCUT2D eigenvalue weighted by atomic mass is 10.2. The molecule has 0 saturated heterocycles. The van der Waals surface area contributed by atoms with Crippen LogP contribution in [0.1, 0.15) is 0 Å². The lowest BCUT2D eigenvalue weighted by Crippen LogP contribution is -1.80. The van der Waals surface area contributed by atoms with Gasteiger partial charge in [0, 0.05) is 27.7 Å². The fraction of sp³-hybridized carbons (Fsp3) is 0. The highest BCUT2D eigenvalue weighted by Gasteiger charge is 2.14. The van der Waals surface area contributed by atoms with Crippen molar-refractivity contribution in [2.75, 3.05) is 0 Å². The quantitative estimate of drug-likeness (QED) is 0.591. The molecule has 4 nitrogen and oxygen atoms in total. The van der Waals surface area contributed by atoms with E-state index in [0.29, 0.717) is 16.7 Å². The van der Waals surface area contributed by atoms with Crippen LogP contribution in [0.3, 0.4) is 0 Å². The van der Waals surface area contributed by atoms with Crippen LogP contribution in [0.4, 0.5) is 0 Å². The monoisotopic (exact) mass is 295 g/mol. The second kappa shape index (κ2) is 4.75. The number of H-pyrrole nitrogens is 1. The zero-order valence-corrected chi connectivity index (χ0v) is 11.6. The standard InChI is InChI=1S/C16H10ClN3O/c17-11-5-3-4-10(8-11)15-19-16(21-20-15)13-9-18-14-7-2-1-6-12(13)14/h1-9,18H. The van der Waals surface area contributed by atoms with Crippen LogP contribution in [0.2, 0.25) is 5.02 Å².